The first-order valence-corrected chi connectivity index (χ1v) is 5.20. The average Bonchev–Trinajstić information content (AvgIpc) is 2.21. The molecule has 0 aliphatic carbocycles. The third-order valence-electron chi connectivity index (χ3n) is 2.62. The largest absolute Gasteiger partial charge is 0.497 e. The molecule has 0 saturated heterocycles. The Morgan fingerprint density at radius 3 is 2.53 bits per heavy atom. The standard InChI is InChI=1S/C12H20N2O/c1-5-12(2,3)14-11-7-6-9(15-4)8-10(11)13/h6-8,14H,5,13H2,1-4H3. The maximum absolute atomic E-state index is 5.92. The Morgan fingerprint density at radius 2 is 2.07 bits per heavy atom. The van der Waals surface area contributed by atoms with Gasteiger partial charge in [-0.3, -0.25) is 0 Å². The van der Waals surface area contributed by atoms with Crippen LogP contribution < -0.4 is 15.8 Å². The van der Waals surface area contributed by atoms with Crippen LogP contribution in [0.1, 0.15) is 27.2 Å². The van der Waals surface area contributed by atoms with E-state index in [0.717, 1.165) is 23.5 Å². The number of nitrogens with two attached hydrogens (primary N) is 1. The van der Waals surface area contributed by atoms with Gasteiger partial charge in [-0.25, -0.2) is 0 Å². The third kappa shape index (κ3) is 3.05. The normalized spacial score (nSPS) is 11.2. The van der Waals surface area contributed by atoms with Crippen LogP contribution in [0.15, 0.2) is 18.2 Å². The predicted octanol–water partition coefficient (Wildman–Crippen LogP) is 2.88. The maximum atomic E-state index is 5.92. The van der Waals surface area contributed by atoms with Crippen LogP contribution in [0.4, 0.5) is 11.4 Å². The molecule has 0 amide bonds. The molecule has 0 aromatic heterocycles. The first-order valence-electron chi connectivity index (χ1n) is 5.20. The van der Waals surface area contributed by atoms with Crippen molar-refractivity contribution < 1.29 is 4.74 Å². The van der Waals surface area contributed by atoms with Crippen LogP contribution in [0.25, 0.3) is 0 Å². The second kappa shape index (κ2) is 4.43. The quantitative estimate of drug-likeness (QED) is 0.748. The highest BCUT2D eigenvalue weighted by Crippen LogP contribution is 2.27. The minimum atomic E-state index is 0.0582. The monoisotopic (exact) mass is 208 g/mol. The molecular weight excluding hydrogens is 188 g/mol. The third-order valence-corrected chi connectivity index (χ3v) is 2.62. The second-order valence-electron chi connectivity index (χ2n) is 4.32. The molecule has 0 heterocycles. The molecular formula is C12H20N2O. The molecule has 0 aliphatic rings. The van der Waals surface area contributed by atoms with Gasteiger partial charge in [0.25, 0.3) is 0 Å². The Hall–Kier alpha value is -1.38. The van der Waals surface area contributed by atoms with Crippen molar-refractivity contribution in [2.24, 2.45) is 0 Å². The number of anilines is 2. The summed E-state index contributed by atoms with van der Waals surface area (Å²) >= 11 is 0. The summed E-state index contributed by atoms with van der Waals surface area (Å²) in [6.45, 7) is 6.44. The molecule has 0 fully saturated rings. The van der Waals surface area contributed by atoms with E-state index < -0.39 is 0 Å². The molecule has 1 aromatic carbocycles. The number of methoxy groups -OCH3 is 1. The lowest BCUT2D eigenvalue weighted by atomic mass is 10.0. The van der Waals surface area contributed by atoms with E-state index in [1.54, 1.807) is 7.11 Å². The van der Waals surface area contributed by atoms with Gasteiger partial charge in [0.2, 0.25) is 0 Å². The van der Waals surface area contributed by atoms with Crippen molar-refractivity contribution in [1.29, 1.82) is 0 Å². The molecule has 0 saturated carbocycles. The first kappa shape index (κ1) is 11.7. The molecule has 15 heavy (non-hydrogen) atoms. The van der Waals surface area contributed by atoms with Crippen molar-refractivity contribution in [1.82, 2.24) is 0 Å². The van der Waals surface area contributed by atoms with E-state index in [9.17, 15) is 0 Å². The SMILES string of the molecule is CCC(C)(C)Nc1ccc(OC)cc1N. The van der Waals surface area contributed by atoms with Crippen LogP contribution in [0.5, 0.6) is 5.75 Å². The Balaban J connectivity index is 2.87. The number of ether oxygens (including phenoxy) is 1. The molecule has 0 unspecified atom stereocenters. The molecule has 1 aromatic rings. The molecule has 0 aliphatic heterocycles. The molecule has 3 nitrogen and oxygen atoms in total. The topological polar surface area (TPSA) is 47.3 Å². The van der Waals surface area contributed by atoms with Crippen molar-refractivity contribution in [3.63, 3.8) is 0 Å². The van der Waals surface area contributed by atoms with Gasteiger partial charge in [-0.15, -0.1) is 0 Å². The van der Waals surface area contributed by atoms with E-state index in [0.29, 0.717) is 0 Å². The Morgan fingerprint density at radius 1 is 1.40 bits per heavy atom. The first-order chi connectivity index (χ1) is 6.98. The summed E-state index contributed by atoms with van der Waals surface area (Å²) in [6.07, 6.45) is 1.04. The lowest BCUT2D eigenvalue weighted by molar-refractivity contribution is 0.415. The van der Waals surface area contributed by atoms with Gasteiger partial charge < -0.3 is 15.8 Å². The minimum absolute atomic E-state index is 0.0582. The lowest BCUT2D eigenvalue weighted by Gasteiger charge is -2.26. The summed E-state index contributed by atoms with van der Waals surface area (Å²) in [6, 6.07) is 5.68. The highest BCUT2D eigenvalue weighted by Gasteiger charge is 2.15. The molecule has 3 N–H and O–H groups in total. The fourth-order valence-electron chi connectivity index (χ4n) is 1.23. The number of nitrogen functional groups attached to an aromatic ring is 1. The van der Waals surface area contributed by atoms with E-state index in [1.165, 1.54) is 0 Å². The molecule has 0 radical (unpaired) electrons. The lowest BCUT2D eigenvalue weighted by Crippen LogP contribution is -2.29. The zero-order chi connectivity index (χ0) is 11.5. The van der Waals surface area contributed by atoms with Crippen molar-refractivity contribution >= 4 is 11.4 Å². The highest BCUT2D eigenvalue weighted by molar-refractivity contribution is 5.68. The van der Waals surface area contributed by atoms with Crippen LogP contribution in [-0.4, -0.2) is 12.6 Å². The van der Waals surface area contributed by atoms with Crippen molar-refractivity contribution in [2.75, 3.05) is 18.2 Å². The summed E-state index contributed by atoms with van der Waals surface area (Å²) in [7, 11) is 1.64. The van der Waals surface area contributed by atoms with Crippen molar-refractivity contribution in [2.45, 2.75) is 32.7 Å². The number of hydrogen-bond acceptors (Lipinski definition) is 3. The summed E-state index contributed by atoms with van der Waals surface area (Å²) in [5, 5.41) is 3.41. The van der Waals surface area contributed by atoms with Gasteiger partial charge >= 0.3 is 0 Å². The van der Waals surface area contributed by atoms with Gasteiger partial charge in [-0.2, -0.15) is 0 Å². The van der Waals surface area contributed by atoms with Gasteiger partial charge in [0.15, 0.2) is 0 Å². The molecule has 84 valence electrons. The molecule has 0 spiro atoms. The Labute approximate surface area is 91.6 Å². The van der Waals surface area contributed by atoms with Gasteiger partial charge in [0.1, 0.15) is 5.75 Å². The van der Waals surface area contributed by atoms with Crippen LogP contribution in [0, 0.1) is 0 Å². The van der Waals surface area contributed by atoms with E-state index in [4.69, 9.17) is 10.5 Å². The molecule has 1 rings (SSSR count). The minimum Gasteiger partial charge on any atom is -0.497 e. The Kier molecular flexibility index (Phi) is 3.45. The van der Waals surface area contributed by atoms with Crippen molar-refractivity contribution in [3.05, 3.63) is 18.2 Å². The summed E-state index contributed by atoms with van der Waals surface area (Å²) in [5.74, 6) is 0.785. The van der Waals surface area contributed by atoms with E-state index in [1.807, 2.05) is 18.2 Å². The number of rotatable bonds is 4. The summed E-state index contributed by atoms with van der Waals surface area (Å²) in [4.78, 5) is 0. The van der Waals surface area contributed by atoms with E-state index in [-0.39, 0.29) is 5.54 Å². The number of benzene rings is 1. The maximum Gasteiger partial charge on any atom is 0.121 e. The highest BCUT2D eigenvalue weighted by atomic mass is 16.5. The second-order valence-corrected chi connectivity index (χ2v) is 4.32. The van der Waals surface area contributed by atoms with Gasteiger partial charge in [-0.1, -0.05) is 6.92 Å². The van der Waals surface area contributed by atoms with Gasteiger partial charge in [0.05, 0.1) is 18.5 Å². The van der Waals surface area contributed by atoms with Crippen LogP contribution >= 0.6 is 0 Å². The smallest absolute Gasteiger partial charge is 0.121 e. The average molecular weight is 208 g/mol. The summed E-state index contributed by atoms with van der Waals surface area (Å²) < 4.78 is 5.10. The van der Waals surface area contributed by atoms with E-state index >= 15 is 0 Å². The van der Waals surface area contributed by atoms with Crippen LogP contribution in [0.2, 0.25) is 0 Å². The fraction of sp³-hybridized carbons (Fsp3) is 0.500. The molecule has 0 bridgehead atoms. The Bertz CT molecular complexity index is 334. The number of hydrogen-bond donors (Lipinski definition) is 2. The zero-order valence-corrected chi connectivity index (χ0v) is 9.92. The van der Waals surface area contributed by atoms with E-state index in [2.05, 4.69) is 26.1 Å². The van der Waals surface area contributed by atoms with Gasteiger partial charge in [-0.05, 0) is 32.4 Å². The van der Waals surface area contributed by atoms with Crippen LogP contribution in [0.3, 0.4) is 0 Å². The number of nitrogens with one attached hydrogen (secondary N) is 1. The van der Waals surface area contributed by atoms with Crippen LogP contribution in [-0.2, 0) is 0 Å². The zero-order valence-electron chi connectivity index (χ0n) is 9.92. The molecule has 3 heteroatoms. The van der Waals surface area contributed by atoms with Gasteiger partial charge in [0, 0.05) is 11.6 Å². The summed E-state index contributed by atoms with van der Waals surface area (Å²) in [5.41, 5.74) is 7.65. The molecule has 0 atom stereocenters. The van der Waals surface area contributed by atoms with Crippen molar-refractivity contribution in [3.8, 4) is 5.75 Å². The predicted molar refractivity (Wildman–Crippen MR) is 65.4 cm³/mol. The fourth-order valence-corrected chi connectivity index (χ4v) is 1.23.